The van der Waals surface area contributed by atoms with Gasteiger partial charge < -0.3 is 10.6 Å². The number of nitrogens with one attached hydrogen (secondary N) is 2. The van der Waals surface area contributed by atoms with Gasteiger partial charge in [-0.3, -0.25) is 0 Å². The Morgan fingerprint density at radius 3 is 2.63 bits per heavy atom. The van der Waals surface area contributed by atoms with E-state index in [1.807, 2.05) is 19.1 Å². The van der Waals surface area contributed by atoms with Crippen LogP contribution >= 0.6 is 0 Å². The van der Waals surface area contributed by atoms with Gasteiger partial charge in [0.1, 0.15) is 18.0 Å². The normalized spacial score (nSPS) is 10.2. The number of anilines is 2. The van der Waals surface area contributed by atoms with Crippen LogP contribution < -0.4 is 10.6 Å². The van der Waals surface area contributed by atoms with Crippen molar-refractivity contribution in [3.05, 3.63) is 35.9 Å². The first-order chi connectivity index (χ1) is 9.31. The van der Waals surface area contributed by atoms with E-state index in [0.29, 0.717) is 6.54 Å². The van der Waals surface area contributed by atoms with Gasteiger partial charge in [-0.15, -0.1) is 0 Å². The largest absolute Gasteiger partial charge is 0.370 e. The fourth-order valence-electron chi connectivity index (χ4n) is 1.65. The summed E-state index contributed by atoms with van der Waals surface area (Å²) in [6.07, 6.45) is 4.28. The first-order valence-electron chi connectivity index (χ1n) is 6.37. The van der Waals surface area contributed by atoms with Gasteiger partial charge in [-0.1, -0.05) is 6.92 Å². The minimum atomic E-state index is 0.596. The average molecular weight is 258 g/mol. The van der Waals surface area contributed by atoms with Gasteiger partial charge >= 0.3 is 0 Å². The lowest BCUT2D eigenvalue weighted by Crippen LogP contribution is -2.09. The van der Waals surface area contributed by atoms with Gasteiger partial charge in [-0.25, -0.2) is 9.97 Å². The molecular weight excluding hydrogens is 240 g/mol. The molecule has 0 aliphatic heterocycles. The highest BCUT2D eigenvalue weighted by Gasteiger charge is 2.06. The van der Waals surface area contributed by atoms with Crippen LogP contribution in [0.15, 0.2) is 24.7 Å². The molecule has 0 saturated carbocycles. The topological polar surface area (TPSA) is 75.6 Å². The molecule has 0 unspecified atom stereocenters. The van der Waals surface area contributed by atoms with Crippen molar-refractivity contribution in [1.29, 1.82) is 0 Å². The summed E-state index contributed by atoms with van der Waals surface area (Å²) in [6, 6.07) is 3.79. The van der Waals surface area contributed by atoms with Crippen molar-refractivity contribution in [2.75, 3.05) is 17.2 Å². The van der Waals surface area contributed by atoms with E-state index in [1.54, 1.807) is 12.5 Å². The molecule has 0 aromatic carbocycles. The zero-order valence-corrected chi connectivity index (χ0v) is 11.2. The molecular formula is C13H18N6. The highest BCUT2D eigenvalue weighted by molar-refractivity contribution is 5.56. The van der Waals surface area contributed by atoms with Gasteiger partial charge in [0.15, 0.2) is 0 Å². The highest BCUT2D eigenvalue weighted by Crippen LogP contribution is 2.18. The zero-order chi connectivity index (χ0) is 13.5. The van der Waals surface area contributed by atoms with E-state index in [0.717, 1.165) is 35.9 Å². The summed E-state index contributed by atoms with van der Waals surface area (Å²) in [5.74, 6) is 1.69. The minimum Gasteiger partial charge on any atom is -0.370 e. The molecule has 2 heterocycles. The lowest BCUT2D eigenvalue weighted by atomic mass is 10.3. The van der Waals surface area contributed by atoms with Crippen LogP contribution in [0.25, 0.3) is 0 Å². The fourth-order valence-corrected chi connectivity index (χ4v) is 1.65. The molecule has 0 aliphatic rings. The van der Waals surface area contributed by atoms with E-state index < -0.39 is 0 Å². The fraction of sp³-hybridized carbons (Fsp3) is 0.385. The Balaban J connectivity index is 2.04. The number of hydrogen-bond donors (Lipinski definition) is 2. The van der Waals surface area contributed by atoms with E-state index in [9.17, 15) is 0 Å². The first-order valence-corrected chi connectivity index (χ1v) is 6.37. The van der Waals surface area contributed by atoms with E-state index >= 15 is 0 Å². The molecule has 19 heavy (non-hydrogen) atoms. The second kappa shape index (κ2) is 6.63. The minimum absolute atomic E-state index is 0.596. The SMILES string of the molecule is CCCNc1ncnc(NCc2cccnn2)c1C. The summed E-state index contributed by atoms with van der Waals surface area (Å²) in [7, 11) is 0. The third-order valence-electron chi connectivity index (χ3n) is 2.69. The van der Waals surface area contributed by atoms with Gasteiger partial charge in [0.05, 0.1) is 12.2 Å². The summed E-state index contributed by atoms with van der Waals surface area (Å²) in [5.41, 5.74) is 1.89. The van der Waals surface area contributed by atoms with Crippen LogP contribution in [0.1, 0.15) is 24.6 Å². The highest BCUT2D eigenvalue weighted by atomic mass is 15.1. The van der Waals surface area contributed by atoms with Gasteiger partial charge in [-0.05, 0) is 25.5 Å². The lowest BCUT2D eigenvalue weighted by Gasteiger charge is -2.11. The third kappa shape index (κ3) is 3.61. The van der Waals surface area contributed by atoms with E-state index in [2.05, 4.69) is 37.7 Å². The number of nitrogens with zero attached hydrogens (tertiary/aromatic N) is 4. The molecule has 0 spiro atoms. The monoisotopic (exact) mass is 258 g/mol. The van der Waals surface area contributed by atoms with Crippen LogP contribution in [0.3, 0.4) is 0 Å². The molecule has 100 valence electrons. The summed E-state index contributed by atoms with van der Waals surface area (Å²) in [5, 5.41) is 14.4. The van der Waals surface area contributed by atoms with Crippen molar-refractivity contribution in [2.45, 2.75) is 26.8 Å². The second-order valence-electron chi connectivity index (χ2n) is 4.19. The second-order valence-corrected chi connectivity index (χ2v) is 4.19. The molecule has 6 nitrogen and oxygen atoms in total. The van der Waals surface area contributed by atoms with Gasteiger partial charge in [0, 0.05) is 18.3 Å². The molecule has 2 N–H and O–H groups in total. The van der Waals surface area contributed by atoms with Gasteiger partial charge in [-0.2, -0.15) is 10.2 Å². The lowest BCUT2D eigenvalue weighted by molar-refractivity contribution is 0.914. The van der Waals surface area contributed by atoms with Crippen molar-refractivity contribution in [2.24, 2.45) is 0 Å². The van der Waals surface area contributed by atoms with E-state index in [1.165, 1.54) is 0 Å². The van der Waals surface area contributed by atoms with Crippen molar-refractivity contribution in [1.82, 2.24) is 20.2 Å². The molecule has 2 rings (SSSR count). The Morgan fingerprint density at radius 2 is 1.95 bits per heavy atom. The molecule has 0 bridgehead atoms. The van der Waals surface area contributed by atoms with Crippen molar-refractivity contribution in [3.63, 3.8) is 0 Å². The Labute approximate surface area is 112 Å². The molecule has 6 heteroatoms. The van der Waals surface area contributed by atoms with Crippen LogP contribution in [-0.2, 0) is 6.54 Å². The molecule has 0 atom stereocenters. The smallest absolute Gasteiger partial charge is 0.134 e. The van der Waals surface area contributed by atoms with Gasteiger partial charge in [0.2, 0.25) is 0 Å². The maximum Gasteiger partial charge on any atom is 0.134 e. The quantitative estimate of drug-likeness (QED) is 0.825. The molecule has 0 radical (unpaired) electrons. The molecule has 0 saturated heterocycles. The van der Waals surface area contributed by atoms with Crippen LogP contribution in [0.4, 0.5) is 11.6 Å². The molecule has 0 fully saturated rings. The maximum absolute atomic E-state index is 4.25. The zero-order valence-electron chi connectivity index (χ0n) is 11.2. The van der Waals surface area contributed by atoms with Crippen molar-refractivity contribution >= 4 is 11.6 Å². The van der Waals surface area contributed by atoms with Crippen LogP contribution in [0.5, 0.6) is 0 Å². The molecule has 2 aromatic heterocycles. The van der Waals surface area contributed by atoms with Crippen molar-refractivity contribution in [3.8, 4) is 0 Å². The Kier molecular flexibility index (Phi) is 4.60. The van der Waals surface area contributed by atoms with Crippen LogP contribution in [-0.4, -0.2) is 26.7 Å². The maximum atomic E-state index is 4.25. The Bertz CT molecular complexity index is 514. The first kappa shape index (κ1) is 13.2. The summed E-state index contributed by atoms with van der Waals surface area (Å²) in [4.78, 5) is 8.49. The Morgan fingerprint density at radius 1 is 1.16 bits per heavy atom. The summed E-state index contributed by atoms with van der Waals surface area (Å²) >= 11 is 0. The predicted molar refractivity (Wildman–Crippen MR) is 74.9 cm³/mol. The van der Waals surface area contributed by atoms with Crippen molar-refractivity contribution < 1.29 is 0 Å². The number of aromatic nitrogens is 4. The van der Waals surface area contributed by atoms with Gasteiger partial charge in [0.25, 0.3) is 0 Å². The van der Waals surface area contributed by atoms with E-state index in [4.69, 9.17) is 0 Å². The number of hydrogen-bond acceptors (Lipinski definition) is 6. The molecule has 0 aliphatic carbocycles. The van der Waals surface area contributed by atoms with Crippen LogP contribution in [0.2, 0.25) is 0 Å². The summed E-state index contributed by atoms with van der Waals surface area (Å²) < 4.78 is 0. The average Bonchev–Trinajstić information content (AvgIpc) is 2.46. The van der Waals surface area contributed by atoms with E-state index in [-0.39, 0.29) is 0 Å². The molecule has 0 amide bonds. The predicted octanol–water partition coefficient (Wildman–Crippen LogP) is 2.01. The Hall–Kier alpha value is -2.24. The standard InChI is InChI=1S/C13H18N6/c1-3-6-14-12-10(2)13(17-9-16-12)15-8-11-5-4-7-18-19-11/h4-5,7,9H,3,6,8H2,1-2H3,(H2,14,15,16,17). The van der Waals surface area contributed by atoms with Crippen LogP contribution in [0, 0.1) is 6.92 Å². The third-order valence-corrected chi connectivity index (χ3v) is 2.69. The summed E-state index contributed by atoms with van der Waals surface area (Å²) in [6.45, 7) is 5.62. The number of rotatable bonds is 6. The molecule has 2 aromatic rings.